The van der Waals surface area contributed by atoms with Crippen LogP contribution < -0.4 is 16.4 Å². The lowest BCUT2D eigenvalue weighted by Gasteiger charge is -2.28. The van der Waals surface area contributed by atoms with E-state index in [2.05, 4.69) is 151 Å². The van der Waals surface area contributed by atoms with Crippen molar-refractivity contribution in [3.8, 4) is 55.6 Å². The molecule has 4 N–H and O–H groups in total. The molecule has 3 heteroatoms. The van der Waals surface area contributed by atoms with Gasteiger partial charge in [0.15, 0.2) is 0 Å². The van der Waals surface area contributed by atoms with E-state index in [4.69, 9.17) is 11.5 Å². The van der Waals surface area contributed by atoms with Crippen molar-refractivity contribution in [2.24, 2.45) is 11.5 Å². The molecule has 1 aliphatic rings. The summed E-state index contributed by atoms with van der Waals surface area (Å²) in [5.74, 6) is 0. The molecule has 0 saturated carbocycles. The SMILES string of the molecule is C=C(/C=C\C)N(C(/C=C\N)=C(/C)N)c1cccc(-c2ccc3c4c(cccc24)-c2c-3c(-c3ccccc3)c3ccccc3c2-c2ccccc2)c1. The second-order valence-corrected chi connectivity index (χ2v) is 13.0. The molecule has 0 atom stereocenters. The monoisotopic (exact) mass is 657 g/mol. The van der Waals surface area contributed by atoms with E-state index in [0.717, 1.165) is 22.6 Å². The maximum absolute atomic E-state index is 6.41. The molecule has 1 aliphatic carbocycles. The van der Waals surface area contributed by atoms with Crippen LogP contribution in [0.15, 0.2) is 188 Å². The van der Waals surface area contributed by atoms with Crippen molar-refractivity contribution in [2.75, 3.05) is 4.90 Å². The molecule has 0 spiro atoms. The van der Waals surface area contributed by atoms with E-state index in [9.17, 15) is 0 Å². The Kier molecular flexibility index (Phi) is 8.10. The molecule has 7 aromatic carbocycles. The zero-order chi connectivity index (χ0) is 35.1. The number of anilines is 1. The molecule has 0 heterocycles. The third kappa shape index (κ3) is 5.22. The van der Waals surface area contributed by atoms with E-state index in [1.165, 1.54) is 77.8 Å². The molecular formula is C48H39N3. The van der Waals surface area contributed by atoms with Crippen molar-refractivity contribution < 1.29 is 0 Å². The summed E-state index contributed by atoms with van der Waals surface area (Å²) in [6.45, 7) is 8.24. The highest BCUT2D eigenvalue weighted by molar-refractivity contribution is 6.28. The Balaban J connectivity index is 1.42. The zero-order valence-electron chi connectivity index (χ0n) is 28.9. The second-order valence-electron chi connectivity index (χ2n) is 13.0. The number of nitrogens with zero attached hydrogens (tertiary/aromatic N) is 1. The first-order chi connectivity index (χ1) is 25.0. The lowest BCUT2D eigenvalue weighted by atomic mass is 9.82. The summed E-state index contributed by atoms with van der Waals surface area (Å²) in [5.41, 5.74) is 27.8. The third-order valence-electron chi connectivity index (χ3n) is 9.88. The lowest BCUT2D eigenvalue weighted by molar-refractivity contribution is 1.09. The number of rotatable bonds is 8. The van der Waals surface area contributed by atoms with Gasteiger partial charge in [0.2, 0.25) is 0 Å². The van der Waals surface area contributed by atoms with Crippen LogP contribution in [0.4, 0.5) is 5.69 Å². The first kappa shape index (κ1) is 31.7. The molecule has 0 amide bonds. The Bertz CT molecular complexity index is 2480. The molecule has 0 fully saturated rings. The maximum atomic E-state index is 6.41. The molecule has 0 bridgehead atoms. The molecule has 0 aliphatic heterocycles. The van der Waals surface area contributed by atoms with Gasteiger partial charge in [0.25, 0.3) is 0 Å². The minimum atomic E-state index is 0.645. The smallest absolute Gasteiger partial charge is 0.0659 e. The number of benzene rings is 7. The van der Waals surface area contributed by atoms with Crippen molar-refractivity contribution in [1.29, 1.82) is 0 Å². The number of nitrogens with two attached hydrogens (primary N) is 2. The highest BCUT2D eigenvalue weighted by Crippen LogP contribution is 2.58. The van der Waals surface area contributed by atoms with Crippen LogP contribution in [-0.2, 0) is 0 Å². The minimum absolute atomic E-state index is 0.645. The Morgan fingerprint density at radius 1 is 0.569 bits per heavy atom. The van der Waals surface area contributed by atoms with Crippen molar-refractivity contribution >= 4 is 27.2 Å². The zero-order valence-corrected chi connectivity index (χ0v) is 28.9. The topological polar surface area (TPSA) is 55.3 Å². The Morgan fingerprint density at radius 3 is 1.69 bits per heavy atom. The lowest BCUT2D eigenvalue weighted by Crippen LogP contribution is -2.22. The van der Waals surface area contributed by atoms with E-state index in [1.807, 2.05) is 32.1 Å². The summed E-state index contributed by atoms with van der Waals surface area (Å²) in [4.78, 5) is 2.06. The van der Waals surface area contributed by atoms with Gasteiger partial charge in [0.1, 0.15) is 0 Å². The maximum Gasteiger partial charge on any atom is 0.0659 e. The first-order valence-electron chi connectivity index (χ1n) is 17.3. The highest BCUT2D eigenvalue weighted by atomic mass is 15.2. The van der Waals surface area contributed by atoms with Crippen LogP contribution in [0.5, 0.6) is 0 Å². The Morgan fingerprint density at radius 2 is 1.10 bits per heavy atom. The molecule has 51 heavy (non-hydrogen) atoms. The predicted molar refractivity (Wildman–Crippen MR) is 219 cm³/mol. The van der Waals surface area contributed by atoms with Gasteiger partial charge in [-0.1, -0.05) is 140 Å². The fourth-order valence-electron chi connectivity index (χ4n) is 7.87. The van der Waals surface area contributed by atoms with Gasteiger partial charge in [-0.3, -0.25) is 0 Å². The third-order valence-corrected chi connectivity index (χ3v) is 9.88. The quantitative estimate of drug-likeness (QED) is 0.160. The van der Waals surface area contributed by atoms with Crippen LogP contribution in [-0.4, -0.2) is 0 Å². The highest BCUT2D eigenvalue weighted by Gasteiger charge is 2.31. The van der Waals surface area contributed by atoms with Gasteiger partial charge < -0.3 is 16.4 Å². The normalized spacial score (nSPS) is 12.5. The summed E-state index contributed by atoms with van der Waals surface area (Å²) in [5, 5.41) is 5.00. The van der Waals surface area contributed by atoms with E-state index in [0.29, 0.717) is 5.70 Å². The molecule has 0 aromatic heterocycles. The fourth-order valence-corrected chi connectivity index (χ4v) is 7.87. The molecule has 0 saturated heterocycles. The average molecular weight is 658 g/mol. The van der Waals surface area contributed by atoms with E-state index in [-0.39, 0.29) is 0 Å². The Labute approximate surface area is 299 Å². The molecule has 8 rings (SSSR count). The number of hydrogen-bond donors (Lipinski definition) is 2. The van der Waals surface area contributed by atoms with E-state index < -0.39 is 0 Å². The van der Waals surface area contributed by atoms with E-state index >= 15 is 0 Å². The minimum Gasteiger partial charge on any atom is -0.405 e. The molecule has 7 aromatic rings. The fraction of sp³-hybridized carbons (Fsp3) is 0.0417. The number of allylic oxidation sites excluding steroid dienone is 4. The van der Waals surface area contributed by atoms with Crippen molar-refractivity contribution in [3.05, 3.63) is 188 Å². The van der Waals surface area contributed by atoms with Gasteiger partial charge >= 0.3 is 0 Å². The van der Waals surface area contributed by atoms with Gasteiger partial charge in [-0.2, -0.15) is 0 Å². The molecule has 3 nitrogen and oxygen atoms in total. The summed E-state index contributed by atoms with van der Waals surface area (Å²) in [6.07, 6.45) is 7.30. The predicted octanol–water partition coefficient (Wildman–Crippen LogP) is 12.2. The van der Waals surface area contributed by atoms with Gasteiger partial charge in [0, 0.05) is 17.1 Å². The molecule has 246 valence electrons. The van der Waals surface area contributed by atoms with Crippen LogP contribution in [0.1, 0.15) is 13.8 Å². The van der Waals surface area contributed by atoms with Crippen molar-refractivity contribution in [1.82, 2.24) is 0 Å². The van der Waals surface area contributed by atoms with Crippen LogP contribution in [0.25, 0.3) is 77.2 Å². The number of hydrogen-bond acceptors (Lipinski definition) is 3. The van der Waals surface area contributed by atoms with E-state index in [1.54, 1.807) is 0 Å². The molecule has 0 radical (unpaired) electrons. The average Bonchev–Trinajstić information content (AvgIpc) is 3.49. The van der Waals surface area contributed by atoms with Crippen LogP contribution in [0.2, 0.25) is 0 Å². The van der Waals surface area contributed by atoms with Crippen LogP contribution >= 0.6 is 0 Å². The summed E-state index contributed by atoms with van der Waals surface area (Å²) in [6, 6.07) is 50.6. The summed E-state index contributed by atoms with van der Waals surface area (Å²) >= 11 is 0. The molecule has 0 unspecified atom stereocenters. The summed E-state index contributed by atoms with van der Waals surface area (Å²) in [7, 11) is 0. The van der Waals surface area contributed by atoms with Crippen molar-refractivity contribution in [2.45, 2.75) is 13.8 Å². The number of fused-ring (bicyclic) bond motifs is 4. The second kappa shape index (κ2) is 13.0. The van der Waals surface area contributed by atoms with Gasteiger partial charge in [-0.15, -0.1) is 0 Å². The molecular weight excluding hydrogens is 619 g/mol. The van der Waals surface area contributed by atoms with Crippen LogP contribution in [0, 0.1) is 0 Å². The summed E-state index contributed by atoms with van der Waals surface area (Å²) < 4.78 is 0. The Hall–Kier alpha value is -6.58. The van der Waals surface area contributed by atoms with Gasteiger partial charge in [0.05, 0.1) is 5.70 Å². The van der Waals surface area contributed by atoms with Crippen LogP contribution in [0.3, 0.4) is 0 Å². The van der Waals surface area contributed by atoms with Gasteiger partial charge in [-0.05, 0) is 122 Å². The first-order valence-corrected chi connectivity index (χ1v) is 17.3. The van der Waals surface area contributed by atoms with Gasteiger partial charge in [-0.25, -0.2) is 0 Å². The largest absolute Gasteiger partial charge is 0.405 e. The standard InChI is InChI=1S/C48H39N3/c1-4-15-31(2)51(43(28-29-49)32(3)50)36-21-13-20-35(30-36)37-26-27-42-46-38(37)24-14-25-41(46)47-44(33-16-7-5-8-17-33)39-22-11-12-23-40(39)45(48(42)47)34-18-9-6-10-19-34/h4-30H,2,49-50H2,1,3H3/b15-4-,29-28-,43-32-. The van der Waals surface area contributed by atoms with Crippen molar-refractivity contribution in [3.63, 3.8) is 0 Å².